The van der Waals surface area contributed by atoms with Crippen molar-refractivity contribution in [3.63, 3.8) is 0 Å². The topological polar surface area (TPSA) is 72.7 Å². The van der Waals surface area contributed by atoms with E-state index < -0.39 is 0 Å². The summed E-state index contributed by atoms with van der Waals surface area (Å²) in [7, 11) is 0. The summed E-state index contributed by atoms with van der Waals surface area (Å²) in [6.07, 6.45) is 3.40. The molecule has 5 aromatic rings. The molecule has 0 bridgehead atoms. The fraction of sp³-hybridized carbons (Fsp3) is 0.0833. The molecule has 3 aromatic heterocycles. The molecule has 0 saturated carbocycles. The highest BCUT2D eigenvalue weighted by molar-refractivity contribution is 7.13. The number of thiazole rings is 1. The zero-order valence-corrected chi connectivity index (χ0v) is 17.6. The molecule has 0 saturated heterocycles. The van der Waals surface area contributed by atoms with E-state index in [0.717, 1.165) is 16.3 Å². The predicted octanol–water partition coefficient (Wildman–Crippen LogP) is 4.94. The van der Waals surface area contributed by atoms with Crippen LogP contribution < -0.4 is 10.9 Å². The van der Waals surface area contributed by atoms with Crippen LogP contribution in [-0.2, 0) is 0 Å². The predicted molar refractivity (Wildman–Crippen MR) is 124 cm³/mol. The Balaban J connectivity index is 1.70. The Bertz CT molecular complexity index is 1340. The van der Waals surface area contributed by atoms with Crippen molar-refractivity contribution in [3.8, 4) is 0 Å². The minimum atomic E-state index is -0.289. The van der Waals surface area contributed by atoms with E-state index in [9.17, 15) is 4.79 Å². The lowest BCUT2D eigenvalue weighted by Crippen LogP contribution is -2.29. The van der Waals surface area contributed by atoms with Crippen LogP contribution in [0.3, 0.4) is 0 Å². The fourth-order valence-corrected chi connectivity index (χ4v) is 4.28. The first-order valence-corrected chi connectivity index (χ1v) is 10.7. The molecule has 7 heteroatoms. The molecule has 0 spiro atoms. The summed E-state index contributed by atoms with van der Waals surface area (Å²) in [5.74, 6) is 0.614. The van der Waals surface area contributed by atoms with Crippen LogP contribution in [0.15, 0.2) is 89.3 Å². The van der Waals surface area contributed by atoms with Gasteiger partial charge in [-0.05, 0) is 24.1 Å². The molecule has 0 radical (unpaired) electrons. The van der Waals surface area contributed by atoms with Crippen molar-refractivity contribution in [2.24, 2.45) is 0 Å². The molecule has 0 unspecified atom stereocenters. The van der Waals surface area contributed by atoms with Gasteiger partial charge in [-0.1, -0.05) is 60.7 Å². The minimum Gasteiger partial charge on any atom is -0.330 e. The van der Waals surface area contributed by atoms with E-state index in [1.54, 1.807) is 23.0 Å². The van der Waals surface area contributed by atoms with Gasteiger partial charge in [0.2, 0.25) is 0 Å². The first kappa shape index (κ1) is 19.1. The molecule has 2 aromatic carbocycles. The standard InChI is InChI=1S/C24H19N5OS/c1-16-27-22-20(14-19(15-26-22)28-24-25-12-13-31-24)23(30)29(16)21(17-8-4-2-5-9-17)18-10-6-3-7-11-18/h2-15,21H,1H3,(H,25,28). The maximum atomic E-state index is 13.7. The van der Waals surface area contributed by atoms with Crippen LogP contribution in [0.4, 0.5) is 10.8 Å². The van der Waals surface area contributed by atoms with Crippen molar-refractivity contribution in [1.29, 1.82) is 0 Å². The molecule has 6 nitrogen and oxygen atoms in total. The molecule has 5 rings (SSSR count). The van der Waals surface area contributed by atoms with Gasteiger partial charge in [0.05, 0.1) is 23.3 Å². The fourth-order valence-electron chi connectivity index (χ4n) is 3.73. The van der Waals surface area contributed by atoms with Gasteiger partial charge in [-0.3, -0.25) is 9.36 Å². The van der Waals surface area contributed by atoms with Crippen LogP contribution in [0.1, 0.15) is 23.0 Å². The largest absolute Gasteiger partial charge is 0.330 e. The van der Waals surface area contributed by atoms with Crippen LogP contribution in [0, 0.1) is 6.92 Å². The van der Waals surface area contributed by atoms with Gasteiger partial charge < -0.3 is 5.32 Å². The molecule has 1 N–H and O–H groups in total. The number of nitrogens with one attached hydrogen (secondary N) is 1. The molecule has 152 valence electrons. The molecular weight excluding hydrogens is 406 g/mol. The van der Waals surface area contributed by atoms with Gasteiger partial charge in [-0.2, -0.15) is 0 Å². The summed E-state index contributed by atoms with van der Waals surface area (Å²) in [4.78, 5) is 27.0. The highest BCUT2D eigenvalue weighted by Crippen LogP contribution is 2.27. The Morgan fingerprint density at radius 1 is 0.968 bits per heavy atom. The Morgan fingerprint density at radius 2 is 1.65 bits per heavy atom. The Morgan fingerprint density at radius 3 is 2.26 bits per heavy atom. The summed E-state index contributed by atoms with van der Waals surface area (Å²) in [5.41, 5.74) is 3.04. The van der Waals surface area contributed by atoms with Crippen LogP contribution in [-0.4, -0.2) is 19.5 Å². The normalized spacial score (nSPS) is 11.2. The third kappa shape index (κ3) is 3.71. The molecule has 0 atom stereocenters. The van der Waals surface area contributed by atoms with Crippen molar-refractivity contribution in [2.75, 3.05) is 5.32 Å². The van der Waals surface area contributed by atoms with Gasteiger partial charge in [-0.15, -0.1) is 11.3 Å². The second-order valence-electron chi connectivity index (χ2n) is 7.12. The first-order valence-electron chi connectivity index (χ1n) is 9.86. The highest BCUT2D eigenvalue weighted by Gasteiger charge is 2.21. The molecular formula is C24H19N5OS. The molecule has 0 aliphatic heterocycles. The van der Waals surface area contributed by atoms with Crippen LogP contribution in [0.2, 0.25) is 0 Å². The van der Waals surface area contributed by atoms with Gasteiger partial charge >= 0.3 is 0 Å². The molecule has 0 aliphatic rings. The van der Waals surface area contributed by atoms with Crippen molar-refractivity contribution in [2.45, 2.75) is 13.0 Å². The number of anilines is 2. The summed E-state index contributed by atoms with van der Waals surface area (Å²) in [6, 6.07) is 21.5. The Labute approximate surface area is 182 Å². The molecule has 0 aliphatic carbocycles. The third-order valence-electron chi connectivity index (χ3n) is 5.10. The van der Waals surface area contributed by atoms with E-state index in [-0.39, 0.29) is 11.6 Å². The van der Waals surface area contributed by atoms with Gasteiger partial charge in [-0.25, -0.2) is 15.0 Å². The monoisotopic (exact) mass is 425 g/mol. The van der Waals surface area contributed by atoms with E-state index in [1.165, 1.54) is 11.3 Å². The van der Waals surface area contributed by atoms with Crippen molar-refractivity contribution < 1.29 is 0 Å². The quantitative estimate of drug-likeness (QED) is 0.432. The number of nitrogens with zero attached hydrogens (tertiary/aromatic N) is 4. The smallest absolute Gasteiger partial charge is 0.263 e. The van der Waals surface area contributed by atoms with Gasteiger partial charge in [0.15, 0.2) is 10.8 Å². The average Bonchev–Trinajstić information content (AvgIpc) is 3.31. The maximum absolute atomic E-state index is 13.7. The number of fused-ring (bicyclic) bond motifs is 1. The number of hydrogen-bond donors (Lipinski definition) is 1. The zero-order valence-electron chi connectivity index (χ0n) is 16.8. The average molecular weight is 426 g/mol. The van der Waals surface area contributed by atoms with E-state index in [4.69, 9.17) is 0 Å². The zero-order chi connectivity index (χ0) is 21.2. The van der Waals surface area contributed by atoms with Crippen LogP contribution in [0.5, 0.6) is 0 Å². The summed E-state index contributed by atoms with van der Waals surface area (Å²) >= 11 is 1.48. The number of rotatable bonds is 5. The van der Waals surface area contributed by atoms with E-state index in [0.29, 0.717) is 22.5 Å². The summed E-state index contributed by atoms with van der Waals surface area (Å²) in [6.45, 7) is 1.85. The van der Waals surface area contributed by atoms with Gasteiger partial charge in [0, 0.05) is 11.6 Å². The molecule has 3 heterocycles. The second kappa shape index (κ2) is 8.12. The van der Waals surface area contributed by atoms with E-state index in [1.807, 2.05) is 73.0 Å². The van der Waals surface area contributed by atoms with Crippen LogP contribution in [0.25, 0.3) is 11.0 Å². The Kier molecular flexibility index (Phi) is 5.01. The highest BCUT2D eigenvalue weighted by atomic mass is 32.1. The molecule has 31 heavy (non-hydrogen) atoms. The number of hydrogen-bond acceptors (Lipinski definition) is 6. The lowest BCUT2D eigenvalue weighted by molar-refractivity contribution is 0.619. The third-order valence-corrected chi connectivity index (χ3v) is 5.79. The van der Waals surface area contributed by atoms with Crippen LogP contribution >= 0.6 is 11.3 Å². The molecule has 0 amide bonds. The second-order valence-corrected chi connectivity index (χ2v) is 8.01. The van der Waals surface area contributed by atoms with Gasteiger partial charge in [0.25, 0.3) is 5.56 Å². The minimum absolute atomic E-state index is 0.129. The SMILES string of the molecule is Cc1nc2ncc(Nc3nccs3)cc2c(=O)n1C(c1ccccc1)c1ccccc1. The van der Waals surface area contributed by atoms with E-state index >= 15 is 0 Å². The number of aromatic nitrogens is 4. The van der Waals surface area contributed by atoms with Crippen molar-refractivity contribution in [1.82, 2.24) is 19.5 Å². The first-order chi connectivity index (χ1) is 15.2. The number of aryl methyl sites for hydroxylation is 1. The number of benzene rings is 2. The lowest BCUT2D eigenvalue weighted by atomic mass is 9.98. The van der Waals surface area contributed by atoms with E-state index in [2.05, 4.69) is 20.3 Å². The maximum Gasteiger partial charge on any atom is 0.263 e. The van der Waals surface area contributed by atoms with Gasteiger partial charge in [0.1, 0.15) is 5.82 Å². The Hall–Kier alpha value is -3.84. The number of pyridine rings is 1. The lowest BCUT2D eigenvalue weighted by Gasteiger charge is -2.23. The summed E-state index contributed by atoms with van der Waals surface area (Å²) < 4.78 is 1.75. The van der Waals surface area contributed by atoms with Crippen molar-refractivity contribution >= 4 is 33.2 Å². The summed E-state index contributed by atoms with van der Waals surface area (Å²) in [5, 5.41) is 6.29. The van der Waals surface area contributed by atoms with Crippen molar-refractivity contribution in [3.05, 3.63) is 112 Å². The molecule has 0 fully saturated rings.